The summed E-state index contributed by atoms with van der Waals surface area (Å²) in [5, 5.41) is 11.8. The number of ether oxygens (including phenoxy) is 2. The summed E-state index contributed by atoms with van der Waals surface area (Å²) >= 11 is 0. The van der Waals surface area contributed by atoms with E-state index in [0.29, 0.717) is 22.9 Å². The predicted molar refractivity (Wildman–Crippen MR) is 166 cm³/mol. The fraction of sp³-hybridized carbons (Fsp3) is 0.303. The van der Waals surface area contributed by atoms with Gasteiger partial charge in [-0.15, -0.1) is 0 Å². The molecule has 2 aromatic carbocycles. The molecule has 0 bridgehead atoms. The number of benzene rings is 2. The molecule has 10 nitrogen and oxygen atoms in total. The van der Waals surface area contributed by atoms with Gasteiger partial charge >= 0.3 is 0 Å². The summed E-state index contributed by atoms with van der Waals surface area (Å²) in [4.78, 5) is 26.1. The average molecular weight is 578 g/mol. The highest BCUT2D eigenvalue weighted by Gasteiger charge is 2.17. The molecule has 5 aromatic rings. The number of nitrogens with one attached hydrogen (secondary N) is 2. The molecule has 2 N–H and O–H groups in total. The first-order valence-corrected chi connectivity index (χ1v) is 14.5. The molecule has 10 heteroatoms. The molecule has 1 fully saturated rings. The van der Waals surface area contributed by atoms with Gasteiger partial charge in [0.15, 0.2) is 12.4 Å². The lowest BCUT2D eigenvalue weighted by molar-refractivity contribution is -0.124. The van der Waals surface area contributed by atoms with E-state index in [-0.39, 0.29) is 24.3 Å². The Hall–Kier alpha value is -4.83. The van der Waals surface area contributed by atoms with Crippen molar-refractivity contribution in [3.63, 3.8) is 0 Å². The second-order valence-corrected chi connectivity index (χ2v) is 11.6. The van der Waals surface area contributed by atoms with Crippen molar-refractivity contribution < 1.29 is 14.3 Å². The zero-order valence-electron chi connectivity index (χ0n) is 24.6. The van der Waals surface area contributed by atoms with Crippen molar-refractivity contribution in [2.45, 2.75) is 51.8 Å². The highest BCUT2D eigenvalue weighted by atomic mass is 16.5. The molecular weight excluding hydrogens is 542 g/mol. The van der Waals surface area contributed by atoms with Crippen molar-refractivity contribution in [2.24, 2.45) is 0 Å². The number of carbonyl (C=O) groups is 1. The number of amides is 1. The summed E-state index contributed by atoms with van der Waals surface area (Å²) in [5.41, 5.74) is 4.14. The third-order valence-corrected chi connectivity index (χ3v) is 7.01. The number of nitrogens with zero attached hydrogens (tertiary/aromatic N) is 5. The smallest absolute Gasteiger partial charge is 0.258 e. The van der Waals surface area contributed by atoms with Crippen LogP contribution in [-0.2, 0) is 9.53 Å². The van der Waals surface area contributed by atoms with E-state index >= 15 is 0 Å². The van der Waals surface area contributed by atoms with Crippen LogP contribution in [0.1, 0.15) is 46.3 Å². The number of pyridine rings is 1. The monoisotopic (exact) mass is 577 g/mol. The number of anilines is 2. The first-order valence-electron chi connectivity index (χ1n) is 14.5. The molecule has 0 spiro atoms. The third kappa shape index (κ3) is 6.98. The molecule has 3 aromatic heterocycles. The highest BCUT2D eigenvalue weighted by molar-refractivity contribution is 5.91. The van der Waals surface area contributed by atoms with Crippen LogP contribution in [0, 0.1) is 0 Å². The fourth-order valence-electron chi connectivity index (χ4n) is 4.99. The van der Waals surface area contributed by atoms with Crippen LogP contribution in [0.15, 0.2) is 79.4 Å². The van der Waals surface area contributed by atoms with Crippen LogP contribution in [0.2, 0.25) is 0 Å². The molecule has 0 aliphatic carbocycles. The lowest BCUT2D eigenvalue weighted by Crippen LogP contribution is -2.43. The van der Waals surface area contributed by atoms with Crippen molar-refractivity contribution in [2.75, 3.05) is 18.5 Å². The number of fused-ring (bicyclic) bond motifs is 1. The fourth-order valence-corrected chi connectivity index (χ4v) is 4.99. The van der Waals surface area contributed by atoms with E-state index in [1.165, 1.54) is 0 Å². The van der Waals surface area contributed by atoms with E-state index in [0.717, 1.165) is 53.6 Å². The zero-order chi connectivity index (χ0) is 29.8. The minimum atomic E-state index is -0.327. The Bertz CT molecular complexity index is 1720. The lowest BCUT2D eigenvalue weighted by atomic mass is 10.1. The summed E-state index contributed by atoms with van der Waals surface area (Å²) < 4.78 is 13.6. The van der Waals surface area contributed by atoms with E-state index in [9.17, 15) is 4.79 Å². The standard InChI is InChI=1S/C33H35N7O3/c1-33(2,3)39-29(41)21-43-26-8-6-7-23(17-26)31-37-28-19-34-15-14-27(28)32(38-31)36-25-12-10-22(11-13-25)24-18-35-40(20-24)30-9-4-5-16-42-30/h6-8,10-15,17-20,30H,4-5,9,16,21H2,1-3H3,(H,39,41)(H,36,37,38). The maximum atomic E-state index is 12.2. The molecule has 1 aliphatic heterocycles. The molecule has 1 saturated heterocycles. The Morgan fingerprint density at radius 2 is 1.88 bits per heavy atom. The van der Waals surface area contributed by atoms with Gasteiger partial charge in [-0.2, -0.15) is 5.10 Å². The van der Waals surface area contributed by atoms with Gasteiger partial charge in [0, 0.05) is 46.7 Å². The second-order valence-electron chi connectivity index (χ2n) is 11.6. The van der Waals surface area contributed by atoms with Crippen molar-refractivity contribution in [1.29, 1.82) is 0 Å². The normalized spacial score (nSPS) is 15.3. The Balaban J connectivity index is 1.21. The van der Waals surface area contributed by atoms with Gasteiger partial charge in [-0.05, 0) is 75.9 Å². The third-order valence-electron chi connectivity index (χ3n) is 7.01. The molecule has 1 atom stereocenters. The molecule has 4 heterocycles. The Kier molecular flexibility index (Phi) is 8.02. The summed E-state index contributed by atoms with van der Waals surface area (Å²) in [6.07, 6.45) is 10.6. The Labute approximate surface area is 250 Å². The van der Waals surface area contributed by atoms with Gasteiger partial charge < -0.3 is 20.1 Å². The number of hydrogen-bond donors (Lipinski definition) is 2. The highest BCUT2D eigenvalue weighted by Crippen LogP contribution is 2.30. The molecule has 43 heavy (non-hydrogen) atoms. The maximum Gasteiger partial charge on any atom is 0.258 e. The van der Waals surface area contributed by atoms with Gasteiger partial charge in [-0.25, -0.2) is 14.6 Å². The Morgan fingerprint density at radius 1 is 1.02 bits per heavy atom. The van der Waals surface area contributed by atoms with E-state index in [1.807, 2.05) is 80.3 Å². The molecule has 1 unspecified atom stereocenters. The quantitative estimate of drug-likeness (QED) is 0.221. The minimum absolute atomic E-state index is 0.0124. The maximum absolute atomic E-state index is 12.2. The van der Waals surface area contributed by atoms with Crippen molar-refractivity contribution >= 4 is 28.3 Å². The average Bonchev–Trinajstić information content (AvgIpc) is 3.51. The number of carbonyl (C=O) groups excluding carboxylic acids is 1. The molecule has 6 rings (SSSR count). The minimum Gasteiger partial charge on any atom is -0.484 e. The van der Waals surface area contributed by atoms with Crippen molar-refractivity contribution in [3.05, 3.63) is 79.4 Å². The van der Waals surface area contributed by atoms with E-state index < -0.39 is 0 Å². The van der Waals surface area contributed by atoms with Crippen LogP contribution in [0.3, 0.4) is 0 Å². The largest absolute Gasteiger partial charge is 0.484 e. The first-order chi connectivity index (χ1) is 20.8. The SMILES string of the molecule is CC(C)(C)NC(=O)COc1cccc(-c2nc(Nc3ccc(-c4cnn(C5CCCCO5)c4)cc3)c3ccncc3n2)c1. The number of hydrogen-bond acceptors (Lipinski definition) is 8. The molecular formula is C33H35N7O3. The van der Waals surface area contributed by atoms with Gasteiger partial charge in [0.1, 0.15) is 17.8 Å². The molecule has 220 valence electrons. The van der Waals surface area contributed by atoms with Gasteiger partial charge in [0.2, 0.25) is 0 Å². The molecule has 0 radical (unpaired) electrons. The number of rotatable bonds is 8. The molecule has 1 amide bonds. The zero-order valence-corrected chi connectivity index (χ0v) is 24.6. The predicted octanol–water partition coefficient (Wildman–Crippen LogP) is 6.29. The van der Waals surface area contributed by atoms with Gasteiger partial charge in [0.05, 0.1) is 17.9 Å². The topological polar surface area (TPSA) is 116 Å². The molecule has 0 saturated carbocycles. The van der Waals surface area contributed by atoms with E-state index in [2.05, 4.69) is 32.8 Å². The van der Waals surface area contributed by atoms with Crippen molar-refractivity contribution in [3.8, 4) is 28.3 Å². The van der Waals surface area contributed by atoms with Crippen LogP contribution in [0.25, 0.3) is 33.4 Å². The van der Waals surface area contributed by atoms with Crippen LogP contribution in [0.5, 0.6) is 5.75 Å². The van der Waals surface area contributed by atoms with Gasteiger partial charge in [0.25, 0.3) is 5.91 Å². The molecule has 1 aliphatic rings. The van der Waals surface area contributed by atoms with Crippen molar-refractivity contribution in [1.82, 2.24) is 30.0 Å². The van der Waals surface area contributed by atoms with Gasteiger partial charge in [-0.1, -0.05) is 24.3 Å². The van der Waals surface area contributed by atoms with Crippen LogP contribution >= 0.6 is 0 Å². The second kappa shape index (κ2) is 12.2. The van der Waals surface area contributed by atoms with Gasteiger partial charge in [-0.3, -0.25) is 9.78 Å². The summed E-state index contributed by atoms with van der Waals surface area (Å²) in [6.45, 7) is 6.49. The lowest BCUT2D eigenvalue weighted by Gasteiger charge is -2.22. The van der Waals surface area contributed by atoms with Crippen LogP contribution in [0.4, 0.5) is 11.5 Å². The van der Waals surface area contributed by atoms with E-state index in [1.54, 1.807) is 12.4 Å². The Morgan fingerprint density at radius 3 is 2.67 bits per heavy atom. The van der Waals surface area contributed by atoms with E-state index in [4.69, 9.17) is 19.4 Å². The van der Waals surface area contributed by atoms with Crippen LogP contribution in [-0.4, -0.2) is 49.4 Å². The first kappa shape index (κ1) is 28.3. The van der Waals surface area contributed by atoms with Crippen LogP contribution < -0.4 is 15.4 Å². The summed E-state index contributed by atoms with van der Waals surface area (Å²) in [5.74, 6) is 1.55. The summed E-state index contributed by atoms with van der Waals surface area (Å²) in [7, 11) is 0. The summed E-state index contributed by atoms with van der Waals surface area (Å²) in [6, 6.07) is 17.5. The number of aromatic nitrogens is 5.